The van der Waals surface area contributed by atoms with Gasteiger partial charge < -0.3 is 5.32 Å². The molecule has 0 aliphatic carbocycles. The number of nitrogens with zero attached hydrogens (tertiary/aromatic N) is 1. The minimum absolute atomic E-state index is 0.387. The maximum atomic E-state index is 12.5. The molecule has 0 heterocycles. The van der Waals surface area contributed by atoms with Gasteiger partial charge in [-0.2, -0.15) is 4.31 Å². The zero-order valence-electron chi connectivity index (χ0n) is 12.0. The Hall–Kier alpha value is -0.910. The number of sulfonamides is 1. The van der Waals surface area contributed by atoms with E-state index in [1.165, 1.54) is 0 Å². The third-order valence-electron chi connectivity index (χ3n) is 3.03. The predicted octanol–water partition coefficient (Wildman–Crippen LogP) is 2.22. The zero-order chi connectivity index (χ0) is 14.3. The van der Waals surface area contributed by atoms with Crippen LogP contribution in [-0.2, 0) is 16.6 Å². The molecule has 108 valence electrons. The third-order valence-corrected chi connectivity index (χ3v) is 5.00. The fourth-order valence-corrected chi connectivity index (χ4v) is 3.51. The molecule has 0 bridgehead atoms. The Morgan fingerprint density at radius 3 is 2.58 bits per heavy atom. The highest BCUT2D eigenvalue weighted by atomic mass is 32.2. The molecule has 0 amide bonds. The maximum Gasteiger partial charge on any atom is 0.243 e. The number of hydrogen-bond donors (Lipinski definition) is 1. The minimum Gasteiger partial charge on any atom is -0.316 e. The highest BCUT2D eigenvalue weighted by Crippen LogP contribution is 2.17. The van der Waals surface area contributed by atoms with E-state index in [-0.39, 0.29) is 0 Å². The van der Waals surface area contributed by atoms with E-state index in [9.17, 15) is 8.42 Å². The highest BCUT2D eigenvalue weighted by Gasteiger charge is 2.22. The molecule has 0 atom stereocenters. The van der Waals surface area contributed by atoms with Gasteiger partial charge in [0.05, 0.1) is 4.90 Å². The molecule has 5 heteroatoms. The molecule has 0 saturated heterocycles. The van der Waals surface area contributed by atoms with Crippen LogP contribution in [0.3, 0.4) is 0 Å². The average Bonchev–Trinajstić information content (AvgIpc) is 2.40. The Balaban J connectivity index is 3.00. The van der Waals surface area contributed by atoms with E-state index in [0.717, 1.165) is 18.4 Å². The molecule has 0 unspecified atom stereocenters. The zero-order valence-corrected chi connectivity index (χ0v) is 12.8. The Labute approximate surface area is 116 Å². The molecular weight excluding hydrogens is 260 g/mol. The lowest BCUT2D eigenvalue weighted by atomic mass is 10.2. The molecular formula is C14H24N2O2S. The van der Waals surface area contributed by atoms with Crippen molar-refractivity contribution in [3.05, 3.63) is 29.8 Å². The summed E-state index contributed by atoms with van der Waals surface area (Å²) in [4.78, 5) is 0.387. The SMILES string of the molecule is CCCCN(CC)S(=O)(=O)c1cccc(CNC)c1. The van der Waals surface area contributed by atoms with Gasteiger partial charge in [-0.25, -0.2) is 8.42 Å². The van der Waals surface area contributed by atoms with E-state index in [1.807, 2.05) is 20.0 Å². The lowest BCUT2D eigenvalue weighted by Gasteiger charge is -2.20. The summed E-state index contributed by atoms with van der Waals surface area (Å²) < 4.78 is 26.6. The van der Waals surface area contributed by atoms with Crippen molar-refractivity contribution in [2.24, 2.45) is 0 Å². The second-order valence-corrected chi connectivity index (χ2v) is 6.47. The van der Waals surface area contributed by atoms with Crippen LogP contribution in [0, 0.1) is 0 Å². The molecule has 1 aromatic rings. The van der Waals surface area contributed by atoms with Gasteiger partial charge in [-0.15, -0.1) is 0 Å². The van der Waals surface area contributed by atoms with Crippen LogP contribution in [0.25, 0.3) is 0 Å². The van der Waals surface area contributed by atoms with E-state index in [1.54, 1.807) is 22.5 Å². The third kappa shape index (κ3) is 4.30. The van der Waals surface area contributed by atoms with Crippen LogP contribution in [0.5, 0.6) is 0 Å². The summed E-state index contributed by atoms with van der Waals surface area (Å²) in [6, 6.07) is 7.15. The molecule has 0 radical (unpaired) electrons. The average molecular weight is 284 g/mol. The topological polar surface area (TPSA) is 49.4 Å². The summed E-state index contributed by atoms with van der Waals surface area (Å²) in [5.74, 6) is 0. The number of rotatable bonds is 8. The van der Waals surface area contributed by atoms with E-state index < -0.39 is 10.0 Å². The quantitative estimate of drug-likeness (QED) is 0.796. The molecule has 1 aromatic carbocycles. The van der Waals surface area contributed by atoms with Gasteiger partial charge in [-0.3, -0.25) is 0 Å². The van der Waals surface area contributed by atoms with E-state index in [2.05, 4.69) is 12.2 Å². The van der Waals surface area contributed by atoms with E-state index in [4.69, 9.17) is 0 Å². The first-order valence-corrected chi connectivity index (χ1v) is 8.24. The van der Waals surface area contributed by atoms with E-state index in [0.29, 0.717) is 24.5 Å². The normalized spacial score (nSPS) is 12.0. The molecule has 0 aromatic heterocycles. The second-order valence-electron chi connectivity index (χ2n) is 4.53. The summed E-state index contributed by atoms with van der Waals surface area (Å²) in [6.07, 6.45) is 1.88. The van der Waals surface area contributed by atoms with Crippen LogP contribution < -0.4 is 5.32 Å². The van der Waals surface area contributed by atoms with Crippen molar-refractivity contribution in [3.63, 3.8) is 0 Å². The molecule has 4 nitrogen and oxygen atoms in total. The highest BCUT2D eigenvalue weighted by molar-refractivity contribution is 7.89. The molecule has 0 fully saturated rings. The Bertz CT molecular complexity index is 486. The van der Waals surface area contributed by atoms with Crippen molar-refractivity contribution < 1.29 is 8.42 Å². The Morgan fingerprint density at radius 2 is 2.00 bits per heavy atom. The second kappa shape index (κ2) is 7.62. The lowest BCUT2D eigenvalue weighted by Crippen LogP contribution is -2.31. The molecule has 0 spiro atoms. The van der Waals surface area contributed by atoms with Gasteiger partial charge in [0, 0.05) is 19.6 Å². The van der Waals surface area contributed by atoms with Gasteiger partial charge in [0.25, 0.3) is 0 Å². The lowest BCUT2D eigenvalue weighted by molar-refractivity contribution is 0.419. The van der Waals surface area contributed by atoms with Crippen molar-refractivity contribution in [2.45, 2.75) is 38.1 Å². The van der Waals surface area contributed by atoms with Gasteiger partial charge in [0.2, 0.25) is 10.0 Å². The van der Waals surface area contributed by atoms with Crippen molar-refractivity contribution >= 4 is 10.0 Å². The van der Waals surface area contributed by atoms with Crippen LogP contribution in [0.15, 0.2) is 29.2 Å². The molecule has 0 aliphatic rings. The summed E-state index contributed by atoms with van der Waals surface area (Å²) >= 11 is 0. The van der Waals surface area contributed by atoms with Gasteiger partial charge in [-0.1, -0.05) is 32.4 Å². The predicted molar refractivity (Wildman–Crippen MR) is 78.5 cm³/mol. The molecule has 1 rings (SSSR count). The Morgan fingerprint density at radius 1 is 1.26 bits per heavy atom. The molecule has 1 N–H and O–H groups in total. The van der Waals surface area contributed by atoms with Crippen LogP contribution in [0.2, 0.25) is 0 Å². The fourth-order valence-electron chi connectivity index (χ4n) is 1.95. The summed E-state index contributed by atoms with van der Waals surface area (Å²) in [5.41, 5.74) is 0.982. The first-order chi connectivity index (χ1) is 9.06. The number of hydrogen-bond acceptors (Lipinski definition) is 3. The summed E-state index contributed by atoms with van der Waals surface area (Å²) in [6.45, 7) is 5.72. The maximum absolute atomic E-state index is 12.5. The first kappa shape index (κ1) is 16.1. The first-order valence-electron chi connectivity index (χ1n) is 6.80. The van der Waals surface area contributed by atoms with Gasteiger partial charge in [0.1, 0.15) is 0 Å². The summed E-state index contributed by atoms with van der Waals surface area (Å²) in [5, 5.41) is 3.03. The van der Waals surface area contributed by atoms with Crippen molar-refractivity contribution in [2.75, 3.05) is 20.1 Å². The van der Waals surface area contributed by atoms with Crippen LogP contribution in [0.4, 0.5) is 0 Å². The van der Waals surface area contributed by atoms with Crippen molar-refractivity contribution in [1.82, 2.24) is 9.62 Å². The van der Waals surface area contributed by atoms with Gasteiger partial charge >= 0.3 is 0 Å². The van der Waals surface area contributed by atoms with Gasteiger partial charge in [-0.05, 0) is 31.2 Å². The minimum atomic E-state index is -3.36. The smallest absolute Gasteiger partial charge is 0.243 e. The van der Waals surface area contributed by atoms with Crippen molar-refractivity contribution in [3.8, 4) is 0 Å². The van der Waals surface area contributed by atoms with Crippen LogP contribution in [0.1, 0.15) is 32.3 Å². The summed E-state index contributed by atoms with van der Waals surface area (Å²) in [7, 11) is -1.51. The number of unbranched alkanes of at least 4 members (excludes halogenated alkanes) is 1. The fraction of sp³-hybridized carbons (Fsp3) is 0.571. The van der Waals surface area contributed by atoms with Gasteiger partial charge in [0.15, 0.2) is 0 Å². The monoisotopic (exact) mass is 284 g/mol. The molecule has 0 saturated carbocycles. The number of benzene rings is 1. The van der Waals surface area contributed by atoms with Crippen LogP contribution in [-0.4, -0.2) is 32.9 Å². The standard InChI is InChI=1S/C14H24N2O2S/c1-4-6-10-16(5-2)19(17,18)14-9-7-8-13(11-14)12-15-3/h7-9,11,15H,4-6,10,12H2,1-3H3. The largest absolute Gasteiger partial charge is 0.316 e. The van der Waals surface area contributed by atoms with Crippen LogP contribution >= 0.6 is 0 Å². The van der Waals surface area contributed by atoms with Crippen molar-refractivity contribution in [1.29, 1.82) is 0 Å². The molecule has 19 heavy (non-hydrogen) atoms. The Kier molecular flexibility index (Phi) is 6.48. The molecule has 0 aliphatic heterocycles. The van der Waals surface area contributed by atoms with E-state index >= 15 is 0 Å². The number of nitrogens with one attached hydrogen (secondary N) is 1.